The van der Waals surface area contributed by atoms with E-state index in [-0.39, 0.29) is 49.0 Å². The van der Waals surface area contributed by atoms with Crippen molar-refractivity contribution in [2.24, 2.45) is 7.05 Å². The summed E-state index contributed by atoms with van der Waals surface area (Å²) >= 11 is 0. The molecule has 8 nitrogen and oxygen atoms in total. The third kappa shape index (κ3) is 4.04. The van der Waals surface area contributed by atoms with Gasteiger partial charge in [0.1, 0.15) is 17.4 Å². The number of aliphatic hydroxyl groups is 1. The normalized spacial score (nSPS) is 11.2. The van der Waals surface area contributed by atoms with Crippen LogP contribution in [-0.4, -0.2) is 30.4 Å². The first kappa shape index (κ1) is 21.4. The predicted molar refractivity (Wildman–Crippen MR) is 113 cm³/mol. The van der Waals surface area contributed by atoms with Gasteiger partial charge in [-0.1, -0.05) is 30.3 Å². The lowest BCUT2D eigenvalue weighted by Crippen LogP contribution is -2.39. The quantitative estimate of drug-likeness (QED) is 0.475. The molecule has 2 heterocycles. The van der Waals surface area contributed by atoms with Gasteiger partial charge in [0.15, 0.2) is 11.2 Å². The van der Waals surface area contributed by atoms with Crippen molar-refractivity contribution in [1.29, 1.82) is 0 Å². The molecule has 0 bridgehead atoms. The second-order valence-electron chi connectivity index (χ2n) is 7.22. The molecule has 166 valence electrons. The number of ether oxygens (including phenoxy) is 1. The molecule has 32 heavy (non-hydrogen) atoms. The van der Waals surface area contributed by atoms with Crippen molar-refractivity contribution in [1.82, 2.24) is 18.7 Å². The Morgan fingerprint density at radius 3 is 2.38 bits per heavy atom. The number of rotatable bonds is 7. The first-order valence-corrected chi connectivity index (χ1v) is 9.88. The van der Waals surface area contributed by atoms with E-state index in [9.17, 15) is 18.4 Å². The fraction of sp³-hybridized carbons (Fsp3) is 0.227. The summed E-state index contributed by atoms with van der Waals surface area (Å²) < 4.78 is 36.7. The number of fused-ring (bicyclic) bond motifs is 1. The molecule has 0 saturated heterocycles. The Kier molecular flexibility index (Phi) is 5.87. The van der Waals surface area contributed by atoms with Gasteiger partial charge in [0.05, 0.1) is 6.54 Å². The highest BCUT2D eigenvalue weighted by atomic mass is 19.1. The molecule has 0 unspecified atom stereocenters. The summed E-state index contributed by atoms with van der Waals surface area (Å²) in [5.41, 5.74) is -0.204. The molecule has 0 aliphatic heterocycles. The number of hydrogen-bond donors (Lipinski definition) is 1. The summed E-state index contributed by atoms with van der Waals surface area (Å²) in [5.74, 6) is -1.80. The van der Waals surface area contributed by atoms with Crippen LogP contribution in [0.1, 0.15) is 12.0 Å². The molecule has 4 rings (SSSR count). The molecule has 0 aliphatic carbocycles. The summed E-state index contributed by atoms with van der Waals surface area (Å²) in [6.07, 6.45) is 0.222. The molecule has 2 aromatic carbocycles. The maximum atomic E-state index is 13.7. The first-order valence-electron chi connectivity index (χ1n) is 9.88. The minimum absolute atomic E-state index is 0.0275. The number of aromatic nitrogens is 4. The molecular weight excluding hydrogens is 422 g/mol. The zero-order valence-electron chi connectivity index (χ0n) is 17.2. The zero-order valence-corrected chi connectivity index (χ0v) is 17.2. The molecule has 4 aromatic rings. The van der Waals surface area contributed by atoms with Gasteiger partial charge in [0.2, 0.25) is 0 Å². The maximum Gasteiger partial charge on any atom is 0.332 e. The highest BCUT2D eigenvalue weighted by Gasteiger charge is 2.22. The molecule has 0 radical (unpaired) electrons. The number of aliphatic hydroxyl groups excluding tert-OH is 1. The fourth-order valence-electron chi connectivity index (χ4n) is 3.46. The van der Waals surface area contributed by atoms with E-state index in [0.717, 1.165) is 22.3 Å². The standard InChI is InChI=1S/C22H20F2N4O4/c1-26-19-18(20(30)27(22(26)31)8-5-9-29)28(13-14-6-3-2-4-7-14)21(25-19)32-17-11-15(23)10-16(24)12-17/h2-4,6-7,10-12,29H,5,8-9,13H2,1H3. The highest BCUT2D eigenvalue weighted by molar-refractivity contribution is 5.72. The maximum absolute atomic E-state index is 13.7. The summed E-state index contributed by atoms with van der Waals surface area (Å²) in [6.45, 7) is 0.00802. The van der Waals surface area contributed by atoms with Crippen LogP contribution in [0.15, 0.2) is 58.1 Å². The van der Waals surface area contributed by atoms with Crippen molar-refractivity contribution in [3.8, 4) is 11.8 Å². The van der Waals surface area contributed by atoms with Crippen LogP contribution >= 0.6 is 0 Å². The van der Waals surface area contributed by atoms with Crippen LogP contribution in [0.3, 0.4) is 0 Å². The van der Waals surface area contributed by atoms with E-state index in [0.29, 0.717) is 6.07 Å². The lowest BCUT2D eigenvalue weighted by molar-refractivity contribution is 0.277. The lowest BCUT2D eigenvalue weighted by Gasteiger charge is -2.11. The predicted octanol–water partition coefficient (Wildman–Crippen LogP) is 2.40. The van der Waals surface area contributed by atoms with E-state index >= 15 is 0 Å². The zero-order chi connectivity index (χ0) is 22.8. The van der Waals surface area contributed by atoms with Gasteiger partial charge in [-0.25, -0.2) is 13.6 Å². The minimum atomic E-state index is -0.829. The average Bonchev–Trinajstić information content (AvgIpc) is 3.10. The van der Waals surface area contributed by atoms with Gasteiger partial charge >= 0.3 is 11.7 Å². The number of imidazole rings is 1. The number of halogens is 2. The van der Waals surface area contributed by atoms with E-state index in [1.165, 1.54) is 16.2 Å². The van der Waals surface area contributed by atoms with Crippen molar-refractivity contribution in [2.45, 2.75) is 19.5 Å². The Hall–Kier alpha value is -3.79. The Labute approximate surface area is 180 Å². The van der Waals surface area contributed by atoms with Gasteiger partial charge in [0, 0.05) is 38.4 Å². The van der Waals surface area contributed by atoms with E-state index in [1.54, 1.807) is 0 Å². The van der Waals surface area contributed by atoms with E-state index in [4.69, 9.17) is 9.84 Å². The molecular formula is C22H20F2N4O4. The highest BCUT2D eigenvalue weighted by Crippen LogP contribution is 2.26. The monoisotopic (exact) mass is 442 g/mol. The molecule has 2 aromatic heterocycles. The summed E-state index contributed by atoms with van der Waals surface area (Å²) in [4.78, 5) is 30.2. The van der Waals surface area contributed by atoms with Crippen molar-refractivity contribution in [2.75, 3.05) is 6.61 Å². The van der Waals surface area contributed by atoms with Crippen molar-refractivity contribution in [3.63, 3.8) is 0 Å². The van der Waals surface area contributed by atoms with E-state index in [2.05, 4.69) is 4.98 Å². The molecule has 0 saturated carbocycles. The minimum Gasteiger partial charge on any atom is -0.425 e. The molecule has 0 atom stereocenters. The van der Waals surface area contributed by atoms with Gasteiger partial charge in [0.25, 0.3) is 5.56 Å². The van der Waals surface area contributed by atoms with Crippen LogP contribution in [0.5, 0.6) is 11.8 Å². The van der Waals surface area contributed by atoms with Gasteiger partial charge < -0.3 is 9.84 Å². The number of nitrogens with zero attached hydrogens (tertiary/aromatic N) is 4. The molecule has 0 fully saturated rings. The largest absolute Gasteiger partial charge is 0.425 e. The number of aryl methyl sites for hydroxylation is 1. The molecule has 0 spiro atoms. The summed E-state index contributed by atoms with van der Waals surface area (Å²) in [6, 6.07) is 11.8. The molecule has 1 N–H and O–H groups in total. The number of benzene rings is 2. The van der Waals surface area contributed by atoms with E-state index < -0.39 is 22.9 Å². The van der Waals surface area contributed by atoms with Crippen LogP contribution in [0.2, 0.25) is 0 Å². The Morgan fingerprint density at radius 2 is 1.72 bits per heavy atom. The van der Waals surface area contributed by atoms with Gasteiger partial charge in [-0.05, 0) is 12.0 Å². The smallest absolute Gasteiger partial charge is 0.332 e. The van der Waals surface area contributed by atoms with Gasteiger partial charge in [-0.15, -0.1) is 0 Å². The first-order chi connectivity index (χ1) is 15.4. The summed E-state index contributed by atoms with van der Waals surface area (Å²) in [7, 11) is 1.46. The Balaban J connectivity index is 1.94. The van der Waals surface area contributed by atoms with Crippen LogP contribution in [0.4, 0.5) is 8.78 Å². The van der Waals surface area contributed by atoms with Crippen molar-refractivity contribution in [3.05, 3.63) is 86.6 Å². The van der Waals surface area contributed by atoms with Crippen LogP contribution in [0, 0.1) is 11.6 Å². The van der Waals surface area contributed by atoms with Gasteiger partial charge in [-0.2, -0.15) is 4.98 Å². The average molecular weight is 442 g/mol. The second kappa shape index (κ2) is 8.75. The van der Waals surface area contributed by atoms with Gasteiger partial charge in [-0.3, -0.25) is 18.5 Å². The Bertz CT molecular complexity index is 1370. The van der Waals surface area contributed by atoms with Crippen molar-refractivity contribution >= 4 is 11.2 Å². The fourth-order valence-corrected chi connectivity index (χ4v) is 3.46. The van der Waals surface area contributed by atoms with Crippen LogP contribution in [0.25, 0.3) is 11.2 Å². The van der Waals surface area contributed by atoms with Crippen LogP contribution in [-0.2, 0) is 20.1 Å². The number of hydrogen-bond acceptors (Lipinski definition) is 5. The molecule has 10 heteroatoms. The summed E-state index contributed by atoms with van der Waals surface area (Å²) in [5, 5.41) is 9.13. The SMILES string of the molecule is Cn1c(=O)n(CCCO)c(=O)c2c1nc(Oc1cc(F)cc(F)c1)n2Cc1ccccc1. The third-order valence-corrected chi connectivity index (χ3v) is 4.97. The Morgan fingerprint density at radius 1 is 1.03 bits per heavy atom. The second-order valence-corrected chi connectivity index (χ2v) is 7.22. The molecule has 0 amide bonds. The van der Waals surface area contributed by atoms with E-state index in [1.807, 2.05) is 30.3 Å². The topological polar surface area (TPSA) is 91.3 Å². The van der Waals surface area contributed by atoms with Crippen LogP contribution < -0.4 is 16.0 Å². The lowest BCUT2D eigenvalue weighted by atomic mass is 10.2. The third-order valence-electron chi connectivity index (χ3n) is 4.97. The van der Waals surface area contributed by atoms with Crippen molar-refractivity contribution < 1.29 is 18.6 Å². The molecule has 0 aliphatic rings.